The summed E-state index contributed by atoms with van der Waals surface area (Å²) in [7, 11) is 3.57. The van der Waals surface area contributed by atoms with Crippen molar-refractivity contribution in [2.45, 2.75) is 25.8 Å². The molecule has 0 saturated carbocycles. The second-order valence-electron chi connectivity index (χ2n) is 5.58. The van der Waals surface area contributed by atoms with Crippen LogP contribution in [0.25, 0.3) is 0 Å². The van der Waals surface area contributed by atoms with Crippen LogP contribution in [0.2, 0.25) is 0 Å². The molecular formula is C12H21N3O2. The lowest BCUT2D eigenvalue weighted by Gasteiger charge is -2.27. The maximum Gasteiger partial charge on any atom is 0.239 e. The Morgan fingerprint density at radius 1 is 1.53 bits per heavy atom. The number of nitrogens with zero attached hydrogens (tertiary/aromatic N) is 2. The molecule has 2 unspecified atom stereocenters. The lowest BCUT2D eigenvalue weighted by molar-refractivity contribution is -0.133. The van der Waals surface area contributed by atoms with E-state index in [-0.39, 0.29) is 23.3 Å². The molecule has 5 nitrogen and oxygen atoms in total. The Balaban J connectivity index is 1.98. The summed E-state index contributed by atoms with van der Waals surface area (Å²) in [5, 5.41) is 2.90. The van der Waals surface area contributed by atoms with Crippen molar-refractivity contribution in [2.24, 2.45) is 5.41 Å². The van der Waals surface area contributed by atoms with Crippen molar-refractivity contribution < 1.29 is 9.59 Å². The second kappa shape index (κ2) is 4.29. The number of likely N-dealkylation sites (N-methyl/N-ethyl adjacent to an activating group) is 1. The van der Waals surface area contributed by atoms with Crippen molar-refractivity contribution in [1.82, 2.24) is 15.1 Å². The molecule has 1 spiro atoms. The van der Waals surface area contributed by atoms with Gasteiger partial charge in [0.25, 0.3) is 0 Å². The third-order valence-corrected chi connectivity index (χ3v) is 4.01. The second-order valence-corrected chi connectivity index (χ2v) is 5.58. The molecule has 2 saturated heterocycles. The predicted octanol–water partition coefficient (Wildman–Crippen LogP) is -0.325. The minimum Gasteiger partial charge on any atom is -0.355 e. The molecule has 2 atom stereocenters. The van der Waals surface area contributed by atoms with E-state index in [1.165, 1.54) is 0 Å². The first kappa shape index (κ1) is 12.4. The van der Waals surface area contributed by atoms with Crippen LogP contribution in [0.15, 0.2) is 0 Å². The van der Waals surface area contributed by atoms with Gasteiger partial charge in [-0.2, -0.15) is 0 Å². The molecule has 1 N–H and O–H groups in total. The van der Waals surface area contributed by atoms with Crippen LogP contribution in [0.5, 0.6) is 0 Å². The van der Waals surface area contributed by atoms with Gasteiger partial charge in [-0.1, -0.05) is 0 Å². The largest absolute Gasteiger partial charge is 0.355 e. The normalized spacial score (nSPS) is 30.6. The van der Waals surface area contributed by atoms with Gasteiger partial charge in [0.2, 0.25) is 11.8 Å². The number of hydrogen-bond donors (Lipinski definition) is 1. The molecule has 0 aromatic rings. The first-order chi connectivity index (χ1) is 7.93. The molecule has 2 fully saturated rings. The van der Waals surface area contributed by atoms with E-state index in [0.29, 0.717) is 6.42 Å². The molecule has 0 aromatic heterocycles. The highest BCUT2D eigenvalue weighted by Crippen LogP contribution is 2.37. The Morgan fingerprint density at radius 2 is 2.24 bits per heavy atom. The Hall–Kier alpha value is -1.10. The minimum absolute atomic E-state index is 0.0813. The fraction of sp³-hybridized carbons (Fsp3) is 0.833. The van der Waals surface area contributed by atoms with E-state index in [1.54, 1.807) is 19.0 Å². The SMILES string of the molecule is CC(C(=O)N(C)C)N1CCC2(CNC(=O)C2)C1. The quantitative estimate of drug-likeness (QED) is 0.718. The number of likely N-dealkylation sites (tertiary alicyclic amines) is 1. The lowest BCUT2D eigenvalue weighted by atomic mass is 9.86. The molecule has 2 amide bonds. The van der Waals surface area contributed by atoms with Gasteiger partial charge < -0.3 is 10.2 Å². The van der Waals surface area contributed by atoms with Crippen molar-refractivity contribution in [3.63, 3.8) is 0 Å². The number of amides is 2. The molecule has 0 aromatic carbocycles. The zero-order chi connectivity index (χ0) is 12.6. The van der Waals surface area contributed by atoms with Crippen LogP contribution in [0.1, 0.15) is 19.8 Å². The van der Waals surface area contributed by atoms with Crippen molar-refractivity contribution in [3.8, 4) is 0 Å². The highest BCUT2D eigenvalue weighted by Gasteiger charge is 2.45. The zero-order valence-electron chi connectivity index (χ0n) is 10.8. The highest BCUT2D eigenvalue weighted by atomic mass is 16.2. The number of rotatable bonds is 2. The minimum atomic E-state index is -0.0833. The average Bonchev–Trinajstić information content (AvgIpc) is 2.84. The zero-order valence-corrected chi connectivity index (χ0v) is 10.8. The number of carbonyl (C=O) groups excluding carboxylic acids is 2. The molecule has 96 valence electrons. The summed E-state index contributed by atoms with van der Waals surface area (Å²) in [6.45, 7) is 4.49. The van der Waals surface area contributed by atoms with Gasteiger partial charge in [0, 0.05) is 39.0 Å². The molecule has 0 radical (unpaired) electrons. The topological polar surface area (TPSA) is 52.7 Å². The molecule has 2 aliphatic rings. The Bertz CT molecular complexity index is 343. The van der Waals surface area contributed by atoms with Gasteiger partial charge in [0.05, 0.1) is 6.04 Å². The molecule has 2 aliphatic heterocycles. The van der Waals surface area contributed by atoms with Crippen LogP contribution in [-0.2, 0) is 9.59 Å². The Kier molecular flexibility index (Phi) is 3.12. The maximum atomic E-state index is 11.9. The molecule has 0 aliphatic carbocycles. The molecule has 2 rings (SSSR count). The summed E-state index contributed by atoms with van der Waals surface area (Å²) in [6, 6.07) is -0.0833. The first-order valence-electron chi connectivity index (χ1n) is 6.15. The highest BCUT2D eigenvalue weighted by molar-refractivity contribution is 5.81. The predicted molar refractivity (Wildman–Crippen MR) is 64.4 cm³/mol. The van der Waals surface area contributed by atoms with Gasteiger partial charge in [0.1, 0.15) is 0 Å². The van der Waals surface area contributed by atoms with Crippen molar-refractivity contribution >= 4 is 11.8 Å². The summed E-state index contributed by atoms with van der Waals surface area (Å²) in [4.78, 5) is 27.0. The van der Waals surface area contributed by atoms with E-state index < -0.39 is 0 Å². The van der Waals surface area contributed by atoms with Crippen LogP contribution >= 0.6 is 0 Å². The summed E-state index contributed by atoms with van der Waals surface area (Å²) in [5.74, 6) is 0.290. The van der Waals surface area contributed by atoms with Crippen LogP contribution < -0.4 is 5.32 Å². The lowest BCUT2D eigenvalue weighted by Crippen LogP contribution is -2.44. The fourth-order valence-corrected chi connectivity index (χ4v) is 2.87. The smallest absolute Gasteiger partial charge is 0.239 e. The van der Waals surface area contributed by atoms with Gasteiger partial charge >= 0.3 is 0 Å². The first-order valence-corrected chi connectivity index (χ1v) is 6.15. The van der Waals surface area contributed by atoms with Crippen LogP contribution in [-0.4, -0.2) is 61.4 Å². The Morgan fingerprint density at radius 3 is 2.76 bits per heavy atom. The summed E-state index contributed by atoms with van der Waals surface area (Å²) < 4.78 is 0. The Labute approximate surface area is 102 Å². The van der Waals surface area contributed by atoms with Gasteiger partial charge in [-0.3, -0.25) is 14.5 Å². The van der Waals surface area contributed by atoms with E-state index in [0.717, 1.165) is 26.1 Å². The molecule has 5 heteroatoms. The maximum absolute atomic E-state index is 11.9. The molecule has 0 bridgehead atoms. The van der Waals surface area contributed by atoms with E-state index in [4.69, 9.17) is 0 Å². The third kappa shape index (κ3) is 2.29. The van der Waals surface area contributed by atoms with E-state index in [1.807, 2.05) is 6.92 Å². The van der Waals surface area contributed by atoms with Crippen LogP contribution in [0.4, 0.5) is 0 Å². The van der Waals surface area contributed by atoms with Crippen LogP contribution in [0, 0.1) is 5.41 Å². The van der Waals surface area contributed by atoms with E-state index in [2.05, 4.69) is 10.2 Å². The van der Waals surface area contributed by atoms with Gasteiger partial charge in [-0.15, -0.1) is 0 Å². The summed E-state index contributed by atoms with van der Waals surface area (Å²) >= 11 is 0. The van der Waals surface area contributed by atoms with Gasteiger partial charge in [0.15, 0.2) is 0 Å². The number of carbonyl (C=O) groups is 2. The van der Waals surface area contributed by atoms with E-state index in [9.17, 15) is 9.59 Å². The van der Waals surface area contributed by atoms with Crippen LogP contribution in [0.3, 0.4) is 0 Å². The van der Waals surface area contributed by atoms with Gasteiger partial charge in [-0.05, 0) is 19.9 Å². The van der Waals surface area contributed by atoms with Gasteiger partial charge in [-0.25, -0.2) is 0 Å². The molecular weight excluding hydrogens is 218 g/mol. The number of nitrogens with one attached hydrogen (secondary N) is 1. The van der Waals surface area contributed by atoms with Crippen molar-refractivity contribution in [3.05, 3.63) is 0 Å². The number of hydrogen-bond acceptors (Lipinski definition) is 3. The molecule has 17 heavy (non-hydrogen) atoms. The van der Waals surface area contributed by atoms with E-state index >= 15 is 0 Å². The monoisotopic (exact) mass is 239 g/mol. The average molecular weight is 239 g/mol. The molecule has 2 heterocycles. The summed E-state index contributed by atoms with van der Waals surface area (Å²) in [6.07, 6.45) is 1.63. The fourth-order valence-electron chi connectivity index (χ4n) is 2.87. The standard InChI is InChI=1S/C12H21N3O2/c1-9(11(17)14(2)3)15-5-4-12(8-15)6-10(16)13-7-12/h9H,4-8H2,1-3H3,(H,13,16). The third-order valence-electron chi connectivity index (χ3n) is 4.01. The van der Waals surface area contributed by atoms with Crippen molar-refractivity contribution in [1.29, 1.82) is 0 Å². The van der Waals surface area contributed by atoms with Crippen molar-refractivity contribution in [2.75, 3.05) is 33.7 Å². The summed E-state index contributed by atoms with van der Waals surface area (Å²) in [5.41, 5.74) is 0.0813.